The molecule has 5 heteroatoms. The number of nitrogens with zero attached hydrogens (tertiary/aromatic N) is 2. The molecule has 5 nitrogen and oxygen atoms in total. The van der Waals surface area contributed by atoms with Crippen LogP contribution in [0.4, 0.5) is 11.4 Å². The first kappa shape index (κ1) is 14.1. The van der Waals surface area contributed by atoms with Crippen LogP contribution >= 0.6 is 0 Å². The number of nitrogen functional groups attached to an aromatic ring is 2. The van der Waals surface area contributed by atoms with Crippen LogP contribution in [0.2, 0.25) is 0 Å². The molecule has 2 aromatic carbocycles. The maximum Gasteiger partial charge on any atom is 0.193 e. The summed E-state index contributed by atoms with van der Waals surface area (Å²) in [4.78, 5) is 21.3. The van der Waals surface area contributed by atoms with E-state index in [1.807, 2.05) is 0 Å². The van der Waals surface area contributed by atoms with Crippen molar-refractivity contribution in [1.82, 2.24) is 9.97 Å². The molecule has 0 saturated carbocycles. The maximum atomic E-state index is 12.8. The molecule has 0 bridgehead atoms. The lowest BCUT2D eigenvalue weighted by atomic mass is 9.99. The minimum absolute atomic E-state index is 0.0923. The van der Waals surface area contributed by atoms with Crippen molar-refractivity contribution in [3.05, 3.63) is 72.1 Å². The Morgan fingerprint density at radius 3 is 1.62 bits per heavy atom. The normalized spacial score (nSPS) is 11.0. The third-order valence-electron chi connectivity index (χ3n) is 4.07. The van der Waals surface area contributed by atoms with Gasteiger partial charge < -0.3 is 11.5 Å². The first-order chi connectivity index (χ1) is 11.6. The second kappa shape index (κ2) is 5.31. The number of hydrogen-bond donors (Lipinski definition) is 2. The standard InChI is InChI=1S/C19H14N4O/c20-15-5-7-22-17-3-1-11(9-13(15)17)19(24)12-2-4-18-14(10-12)16(21)6-8-23-18/h1-10H,(H2,20,22)(H2,21,23). The summed E-state index contributed by atoms with van der Waals surface area (Å²) in [5.74, 6) is -0.0923. The predicted octanol–water partition coefficient (Wildman–Crippen LogP) is 3.18. The molecule has 0 aliphatic heterocycles. The van der Waals surface area contributed by atoms with Gasteiger partial charge in [-0.3, -0.25) is 14.8 Å². The Balaban J connectivity index is 1.84. The third-order valence-corrected chi connectivity index (χ3v) is 4.07. The Morgan fingerprint density at radius 1 is 0.708 bits per heavy atom. The molecule has 2 heterocycles. The lowest BCUT2D eigenvalue weighted by Gasteiger charge is -2.07. The van der Waals surface area contributed by atoms with E-state index in [0.717, 1.165) is 21.8 Å². The molecule has 2 aromatic heterocycles. The fourth-order valence-electron chi connectivity index (χ4n) is 2.78. The van der Waals surface area contributed by atoms with Crippen LogP contribution < -0.4 is 11.5 Å². The van der Waals surface area contributed by atoms with Crippen molar-refractivity contribution in [2.45, 2.75) is 0 Å². The summed E-state index contributed by atoms with van der Waals surface area (Å²) < 4.78 is 0. The van der Waals surface area contributed by atoms with E-state index in [2.05, 4.69) is 9.97 Å². The van der Waals surface area contributed by atoms with Gasteiger partial charge in [-0.2, -0.15) is 0 Å². The van der Waals surface area contributed by atoms with E-state index in [4.69, 9.17) is 11.5 Å². The van der Waals surface area contributed by atoms with Gasteiger partial charge in [0, 0.05) is 45.7 Å². The van der Waals surface area contributed by atoms with E-state index >= 15 is 0 Å². The number of ketones is 1. The van der Waals surface area contributed by atoms with Gasteiger partial charge in [0.25, 0.3) is 0 Å². The molecule has 4 rings (SSSR count). The molecule has 0 atom stereocenters. The van der Waals surface area contributed by atoms with Crippen molar-refractivity contribution >= 4 is 39.0 Å². The van der Waals surface area contributed by atoms with Crippen molar-refractivity contribution in [1.29, 1.82) is 0 Å². The summed E-state index contributed by atoms with van der Waals surface area (Å²) in [6.07, 6.45) is 3.30. The smallest absolute Gasteiger partial charge is 0.193 e. The van der Waals surface area contributed by atoms with Crippen LogP contribution in [0.5, 0.6) is 0 Å². The van der Waals surface area contributed by atoms with Gasteiger partial charge in [0.1, 0.15) is 0 Å². The van der Waals surface area contributed by atoms with Gasteiger partial charge in [0.15, 0.2) is 5.78 Å². The Bertz CT molecular complexity index is 1020. The zero-order valence-electron chi connectivity index (χ0n) is 12.7. The lowest BCUT2D eigenvalue weighted by Crippen LogP contribution is -2.02. The van der Waals surface area contributed by atoms with Gasteiger partial charge in [-0.25, -0.2) is 0 Å². The summed E-state index contributed by atoms with van der Waals surface area (Å²) in [6, 6.07) is 14.1. The Labute approximate surface area is 137 Å². The minimum atomic E-state index is -0.0923. The summed E-state index contributed by atoms with van der Waals surface area (Å²) in [5.41, 5.74) is 15.8. The number of fused-ring (bicyclic) bond motifs is 2. The van der Waals surface area contributed by atoms with E-state index in [-0.39, 0.29) is 5.78 Å². The first-order valence-corrected chi connectivity index (χ1v) is 7.47. The first-order valence-electron chi connectivity index (χ1n) is 7.47. The zero-order chi connectivity index (χ0) is 16.7. The third kappa shape index (κ3) is 2.23. The Morgan fingerprint density at radius 2 is 1.17 bits per heavy atom. The fraction of sp³-hybridized carbons (Fsp3) is 0. The summed E-state index contributed by atoms with van der Waals surface area (Å²) in [6.45, 7) is 0. The molecule has 116 valence electrons. The highest BCUT2D eigenvalue weighted by Gasteiger charge is 2.12. The number of rotatable bonds is 2. The van der Waals surface area contributed by atoms with Crippen LogP contribution in [0.15, 0.2) is 60.9 Å². The summed E-state index contributed by atoms with van der Waals surface area (Å²) in [5, 5.41) is 1.54. The molecule has 0 spiro atoms. The van der Waals surface area contributed by atoms with Crippen LogP contribution in [-0.2, 0) is 0 Å². The van der Waals surface area contributed by atoms with E-state index in [1.165, 1.54) is 0 Å². The highest BCUT2D eigenvalue weighted by atomic mass is 16.1. The lowest BCUT2D eigenvalue weighted by molar-refractivity contribution is 0.103. The van der Waals surface area contributed by atoms with Crippen LogP contribution in [0, 0.1) is 0 Å². The molecule has 0 aliphatic carbocycles. The maximum absolute atomic E-state index is 12.8. The van der Waals surface area contributed by atoms with Crippen LogP contribution in [-0.4, -0.2) is 15.8 Å². The van der Waals surface area contributed by atoms with Crippen LogP contribution in [0.3, 0.4) is 0 Å². The van der Waals surface area contributed by atoms with Gasteiger partial charge >= 0.3 is 0 Å². The summed E-state index contributed by atoms with van der Waals surface area (Å²) >= 11 is 0. The van der Waals surface area contributed by atoms with Crippen LogP contribution in [0.25, 0.3) is 21.8 Å². The average molecular weight is 314 g/mol. The van der Waals surface area contributed by atoms with Crippen molar-refractivity contribution in [3.63, 3.8) is 0 Å². The predicted molar refractivity (Wildman–Crippen MR) is 95.7 cm³/mol. The monoisotopic (exact) mass is 314 g/mol. The minimum Gasteiger partial charge on any atom is -0.398 e. The molecule has 4 N–H and O–H groups in total. The highest BCUT2D eigenvalue weighted by molar-refractivity contribution is 6.13. The molecule has 0 unspecified atom stereocenters. The van der Waals surface area contributed by atoms with Crippen LogP contribution in [0.1, 0.15) is 15.9 Å². The number of anilines is 2. The molecule has 0 radical (unpaired) electrons. The highest BCUT2D eigenvalue weighted by Crippen LogP contribution is 2.24. The Kier molecular flexibility index (Phi) is 3.13. The van der Waals surface area contributed by atoms with Crippen molar-refractivity contribution in [3.8, 4) is 0 Å². The van der Waals surface area contributed by atoms with E-state index in [1.54, 1.807) is 60.9 Å². The molecular formula is C19H14N4O. The molecule has 0 aliphatic rings. The largest absolute Gasteiger partial charge is 0.398 e. The van der Waals surface area contributed by atoms with E-state index in [9.17, 15) is 4.79 Å². The second-order valence-corrected chi connectivity index (χ2v) is 5.59. The van der Waals surface area contributed by atoms with Crippen molar-refractivity contribution in [2.75, 3.05) is 11.5 Å². The van der Waals surface area contributed by atoms with Gasteiger partial charge in [-0.1, -0.05) is 0 Å². The molecule has 0 fully saturated rings. The quantitative estimate of drug-likeness (QED) is 0.554. The number of pyridine rings is 2. The Hall–Kier alpha value is -3.47. The zero-order valence-corrected chi connectivity index (χ0v) is 12.7. The van der Waals surface area contributed by atoms with Crippen molar-refractivity contribution < 1.29 is 4.79 Å². The molecule has 4 aromatic rings. The average Bonchev–Trinajstić information content (AvgIpc) is 2.61. The number of carbonyl (C=O) groups is 1. The molecular weight excluding hydrogens is 300 g/mol. The van der Waals surface area contributed by atoms with E-state index in [0.29, 0.717) is 22.5 Å². The fourth-order valence-corrected chi connectivity index (χ4v) is 2.78. The number of aromatic nitrogens is 2. The SMILES string of the molecule is Nc1ccnc2ccc(C(=O)c3ccc4nccc(N)c4c3)cc12. The van der Waals surface area contributed by atoms with Gasteiger partial charge in [-0.15, -0.1) is 0 Å². The van der Waals surface area contributed by atoms with Gasteiger partial charge in [-0.05, 0) is 48.5 Å². The summed E-state index contributed by atoms with van der Waals surface area (Å²) in [7, 11) is 0. The second-order valence-electron chi connectivity index (χ2n) is 5.59. The van der Waals surface area contributed by atoms with Gasteiger partial charge in [0.05, 0.1) is 11.0 Å². The number of hydrogen-bond acceptors (Lipinski definition) is 5. The molecule has 0 amide bonds. The number of carbonyl (C=O) groups excluding carboxylic acids is 1. The molecule has 0 saturated heterocycles. The van der Waals surface area contributed by atoms with E-state index < -0.39 is 0 Å². The van der Waals surface area contributed by atoms with Crippen molar-refractivity contribution in [2.24, 2.45) is 0 Å². The topological polar surface area (TPSA) is 94.9 Å². The number of benzene rings is 2. The number of nitrogens with two attached hydrogens (primary N) is 2. The van der Waals surface area contributed by atoms with Gasteiger partial charge in [0.2, 0.25) is 0 Å². The molecule has 24 heavy (non-hydrogen) atoms.